The zero-order valence-corrected chi connectivity index (χ0v) is 8.51. The molecule has 0 aromatic carbocycles. The summed E-state index contributed by atoms with van der Waals surface area (Å²) in [6, 6.07) is 3.61. The Kier molecular flexibility index (Phi) is 2.67. The fourth-order valence-electron chi connectivity index (χ4n) is 1.46. The standard InChI is InChI=1S/C11H12N2O2/c1-13-10(4-6-12-13)2-3-11(14)9-5-7-15-8-9/h4-8H,2-3H2,1H3. The molecule has 2 aromatic rings. The van der Waals surface area contributed by atoms with E-state index >= 15 is 0 Å². The van der Waals surface area contributed by atoms with E-state index in [0.717, 1.165) is 5.69 Å². The van der Waals surface area contributed by atoms with Crippen LogP contribution in [0.5, 0.6) is 0 Å². The van der Waals surface area contributed by atoms with Gasteiger partial charge in [0, 0.05) is 25.4 Å². The smallest absolute Gasteiger partial charge is 0.166 e. The third-order valence-electron chi connectivity index (χ3n) is 2.37. The number of hydrogen-bond donors (Lipinski definition) is 0. The Balaban J connectivity index is 1.95. The van der Waals surface area contributed by atoms with Crippen LogP contribution < -0.4 is 0 Å². The molecule has 2 rings (SSSR count). The van der Waals surface area contributed by atoms with Gasteiger partial charge in [0.15, 0.2) is 5.78 Å². The van der Waals surface area contributed by atoms with Gasteiger partial charge in [-0.25, -0.2) is 0 Å². The minimum Gasteiger partial charge on any atom is -0.472 e. The summed E-state index contributed by atoms with van der Waals surface area (Å²) in [4.78, 5) is 11.6. The predicted molar refractivity (Wildman–Crippen MR) is 54.6 cm³/mol. The molecule has 0 amide bonds. The highest BCUT2D eigenvalue weighted by atomic mass is 16.3. The quantitative estimate of drug-likeness (QED) is 0.714. The number of furan rings is 1. The maximum Gasteiger partial charge on any atom is 0.166 e. The maximum absolute atomic E-state index is 11.6. The first kappa shape index (κ1) is 9.71. The second kappa shape index (κ2) is 4.13. The van der Waals surface area contributed by atoms with Crippen molar-refractivity contribution in [1.82, 2.24) is 9.78 Å². The summed E-state index contributed by atoms with van der Waals surface area (Å²) in [5.74, 6) is 0.102. The highest BCUT2D eigenvalue weighted by Gasteiger charge is 2.08. The molecule has 0 aliphatic carbocycles. The molecule has 0 unspecified atom stereocenters. The van der Waals surface area contributed by atoms with Crippen LogP contribution in [0.1, 0.15) is 22.5 Å². The molecular weight excluding hydrogens is 192 g/mol. The first-order valence-corrected chi connectivity index (χ1v) is 4.79. The average Bonchev–Trinajstić information content (AvgIpc) is 2.85. The Bertz CT molecular complexity index is 443. The van der Waals surface area contributed by atoms with E-state index in [4.69, 9.17) is 4.42 Å². The highest BCUT2D eigenvalue weighted by molar-refractivity contribution is 5.95. The summed E-state index contributed by atoms with van der Waals surface area (Å²) in [6.45, 7) is 0. The lowest BCUT2D eigenvalue weighted by Gasteiger charge is -1.99. The second-order valence-corrected chi connectivity index (χ2v) is 3.38. The van der Waals surface area contributed by atoms with E-state index in [9.17, 15) is 4.79 Å². The van der Waals surface area contributed by atoms with Crippen molar-refractivity contribution in [2.75, 3.05) is 0 Å². The number of aryl methyl sites for hydroxylation is 2. The zero-order chi connectivity index (χ0) is 10.7. The van der Waals surface area contributed by atoms with E-state index in [1.807, 2.05) is 13.1 Å². The largest absolute Gasteiger partial charge is 0.472 e. The van der Waals surface area contributed by atoms with Crippen molar-refractivity contribution in [3.8, 4) is 0 Å². The van der Waals surface area contributed by atoms with Crippen LogP contribution in [-0.4, -0.2) is 15.6 Å². The number of nitrogens with zero attached hydrogens (tertiary/aromatic N) is 2. The molecule has 0 saturated carbocycles. The zero-order valence-electron chi connectivity index (χ0n) is 8.51. The summed E-state index contributed by atoms with van der Waals surface area (Å²) in [5, 5.41) is 4.04. The van der Waals surface area contributed by atoms with Crippen LogP contribution in [0.15, 0.2) is 35.3 Å². The van der Waals surface area contributed by atoms with Crippen molar-refractivity contribution in [3.05, 3.63) is 42.1 Å². The Morgan fingerprint density at radius 2 is 2.40 bits per heavy atom. The summed E-state index contributed by atoms with van der Waals surface area (Å²) < 4.78 is 6.64. The number of ketones is 1. The molecule has 0 saturated heterocycles. The van der Waals surface area contributed by atoms with Gasteiger partial charge in [-0.05, 0) is 18.6 Å². The molecule has 0 fully saturated rings. The average molecular weight is 204 g/mol. The van der Waals surface area contributed by atoms with Gasteiger partial charge in [-0.1, -0.05) is 0 Å². The number of rotatable bonds is 4. The molecular formula is C11H12N2O2. The van der Waals surface area contributed by atoms with Crippen molar-refractivity contribution in [2.45, 2.75) is 12.8 Å². The molecule has 0 N–H and O–H groups in total. The van der Waals surface area contributed by atoms with Crippen LogP contribution in [-0.2, 0) is 13.5 Å². The third kappa shape index (κ3) is 2.15. The first-order chi connectivity index (χ1) is 7.27. The van der Waals surface area contributed by atoms with Gasteiger partial charge in [-0.15, -0.1) is 0 Å². The molecule has 15 heavy (non-hydrogen) atoms. The van der Waals surface area contributed by atoms with Crippen LogP contribution in [0.4, 0.5) is 0 Å². The van der Waals surface area contributed by atoms with E-state index in [-0.39, 0.29) is 5.78 Å². The molecule has 0 aliphatic rings. The number of hydrogen-bond acceptors (Lipinski definition) is 3. The number of Topliss-reactive ketones (excluding diaryl/α,β-unsaturated/α-hetero) is 1. The van der Waals surface area contributed by atoms with Crippen molar-refractivity contribution in [1.29, 1.82) is 0 Å². The van der Waals surface area contributed by atoms with E-state index in [2.05, 4.69) is 5.10 Å². The molecule has 0 bridgehead atoms. The fourth-order valence-corrected chi connectivity index (χ4v) is 1.46. The molecule has 78 valence electrons. The topological polar surface area (TPSA) is 48.0 Å². The molecule has 2 heterocycles. The Morgan fingerprint density at radius 3 is 3.00 bits per heavy atom. The van der Waals surface area contributed by atoms with E-state index in [1.165, 1.54) is 12.5 Å². The lowest BCUT2D eigenvalue weighted by atomic mass is 10.1. The van der Waals surface area contributed by atoms with E-state index in [0.29, 0.717) is 18.4 Å². The number of aromatic nitrogens is 2. The van der Waals surface area contributed by atoms with Crippen molar-refractivity contribution in [2.24, 2.45) is 7.05 Å². The minimum atomic E-state index is 0.102. The summed E-state index contributed by atoms with van der Waals surface area (Å²) in [7, 11) is 1.87. The highest BCUT2D eigenvalue weighted by Crippen LogP contribution is 2.08. The lowest BCUT2D eigenvalue weighted by Crippen LogP contribution is -2.03. The van der Waals surface area contributed by atoms with Crippen molar-refractivity contribution in [3.63, 3.8) is 0 Å². The monoisotopic (exact) mass is 204 g/mol. The first-order valence-electron chi connectivity index (χ1n) is 4.79. The summed E-state index contributed by atoms with van der Waals surface area (Å²) in [6.07, 6.45) is 5.92. The molecule has 4 nitrogen and oxygen atoms in total. The molecule has 0 atom stereocenters. The van der Waals surface area contributed by atoms with Crippen LogP contribution >= 0.6 is 0 Å². The van der Waals surface area contributed by atoms with E-state index in [1.54, 1.807) is 16.9 Å². The number of carbonyl (C=O) groups excluding carboxylic acids is 1. The predicted octanol–water partition coefficient (Wildman–Crippen LogP) is 1.83. The lowest BCUT2D eigenvalue weighted by molar-refractivity contribution is 0.0981. The van der Waals surface area contributed by atoms with Gasteiger partial charge in [-0.3, -0.25) is 9.48 Å². The normalized spacial score (nSPS) is 10.5. The molecule has 2 aromatic heterocycles. The SMILES string of the molecule is Cn1nccc1CCC(=O)c1ccoc1. The van der Waals surface area contributed by atoms with Gasteiger partial charge >= 0.3 is 0 Å². The third-order valence-corrected chi connectivity index (χ3v) is 2.37. The Hall–Kier alpha value is -1.84. The summed E-state index contributed by atoms with van der Waals surface area (Å²) in [5.41, 5.74) is 1.70. The van der Waals surface area contributed by atoms with Crippen LogP contribution in [0.25, 0.3) is 0 Å². The summed E-state index contributed by atoms with van der Waals surface area (Å²) >= 11 is 0. The molecule has 0 aliphatic heterocycles. The van der Waals surface area contributed by atoms with Gasteiger partial charge in [0.1, 0.15) is 6.26 Å². The van der Waals surface area contributed by atoms with Crippen LogP contribution in [0, 0.1) is 0 Å². The number of carbonyl (C=O) groups is 1. The fraction of sp³-hybridized carbons (Fsp3) is 0.273. The van der Waals surface area contributed by atoms with Crippen LogP contribution in [0.3, 0.4) is 0 Å². The van der Waals surface area contributed by atoms with Gasteiger partial charge in [0.05, 0.1) is 11.8 Å². The van der Waals surface area contributed by atoms with Crippen LogP contribution in [0.2, 0.25) is 0 Å². The van der Waals surface area contributed by atoms with Gasteiger partial charge in [0.2, 0.25) is 0 Å². The van der Waals surface area contributed by atoms with Crippen molar-refractivity contribution < 1.29 is 9.21 Å². The minimum absolute atomic E-state index is 0.102. The van der Waals surface area contributed by atoms with E-state index < -0.39 is 0 Å². The Labute approximate surface area is 87.5 Å². The molecule has 4 heteroatoms. The van der Waals surface area contributed by atoms with Crippen molar-refractivity contribution >= 4 is 5.78 Å². The van der Waals surface area contributed by atoms with Gasteiger partial charge < -0.3 is 4.42 Å². The maximum atomic E-state index is 11.6. The molecule has 0 radical (unpaired) electrons. The van der Waals surface area contributed by atoms with Gasteiger partial charge in [-0.2, -0.15) is 5.10 Å². The molecule has 0 spiro atoms. The van der Waals surface area contributed by atoms with Gasteiger partial charge in [0.25, 0.3) is 0 Å². The Morgan fingerprint density at radius 1 is 1.53 bits per heavy atom. The second-order valence-electron chi connectivity index (χ2n) is 3.38.